The van der Waals surface area contributed by atoms with Crippen molar-refractivity contribution in [2.75, 3.05) is 19.7 Å². The lowest BCUT2D eigenvalue weighted by atomic mass is 10.2. The molecular weight excluding hydrogens is 261 g/mol. The maximum atomic E-state index is 12.8. The topological polar surface area (TPSA) is 21.3 Å². The molecule has 0 aliphatic heterocycles. The highest BCUT2D eigenvalue weighted by atomic mass is 79.9. The number of hydrogen-bond acceptors (Lipinski definition) is 2. The summed E-state index contributed by atoms with van der Waals surface area (Å²) in [6, 6.07) is 4.61. The Kier molecular flexibility index (Phi) is 5.83. The number of benzene rings is 1. The average Bonchev–Trinajstić information content (AvgIpc) is 2.20. The van der Waals surface area contributed by atoms with E-state index in [2.05, 4.69) is 28.2 Å². The third kappa shape index (κ3) is 4.73. The molecule has 1 rings (SSSR count). The number of hydrogen-bond donors (Lipinski definition) is 1. The zero-order valence-corrected chi connectivity index (χ0v) is 10.3. The van der Waals surface area contributed by atoms with Crippen LogP contribution in [0.15, 0.2) is 22.7 Å². The lowest BCUT2D eigenvalue weighted by Gasteiger charge is -2.06. The Labute approximate surface area is 98.0 Å². The van der Waals surface area contributed by atoms with E-state index in [-0.39, 0.29) is 5.82 Å². The van der Waals surface area contributed by atoms with Gasteiger partial charge in [-0.2, -0.15) is 0 Å². The van der Waals surface area contributed by atoms with Gasteiger partial charge in [0, 0.05) is 11.0 Å². The van der Waals surface area contributed by atoms with Crippen molar-refractivity contribution in [3.8, 4) is 0 Å². The Balaban J connectivity index is 2.31. The van der Waals surface area contributed by atoms with E-state index in [0.29, 0.717) is 13.2 Å². The molecule has 0 aromatic heterocycles. The Morgan fingerprint density at radius 1 is 1.47 bits per heavy atom. The quantitative estimate of drug-likeness (QED) is 0.807. The van der Waals surface area contributed by atoms with Crippen LogP contribution in [-0.4, -0.2) is 19.7 Å². The lowest BCUT2D eigenvalue weighted by Crippen LogP contribution is -2.18. The summed E-state index contributed by atoms with van der Waals surface area (Å²) in [4.78, 5) is 0. The van der Waals surface area contributed by atoms with Crippen LogP contribution in [0, 0.1) is 5.82 Å². The predicted octanol–water partition coefficient (Wildman–Crippen LogP) is 2.71. The molecule has 0 spiro atoms. The van der Waals surface area contributed by atoms with Crippen LogP contribution in [0.3, 0.4) is 0 Å². The summed E-state index contributed by atoms with van der Waals surface area (Å²) >= 11 is 3.29. The van der Waals surface area contributed by atoms with Crippen molar-refractivity contribution in [3.05, 3.63) is 34.1 Å². The van der Waals surface area contributed by atoms with E-state index in [1.54, 1.807) is 6.07 Å². The van der Waals surface area contributed by atoms with Crippen molar-refractivity contribution in [1.82, 2.24) is 5.32 Å². The summed E-state index contributed by atoms with van der Waals surface area (Å²) in [5.74, 6) is -0.238. The fourth-order valence-corrected chi connectivity index (χ4v) is 1.61. The van der Waals surface area contributed by atoms with Gasteiger partial charge in [-0.25, -0.2) is 4.39 Å². The van der Waals surface area contributed by atoms with Crippen molar-refractivity contribution in [2.24, 2.45) is 0 Å². The van der Waals surface area contributed by atoms with Crippen LogP contribution in [-0.2, 0) is 11.3 Å². The largest absolute Gasteiger partial charge is 0.375 e. The third-order valence-corrected chi connectivity index (χ3v) is 2.68. The smallest absolute Gasteiger partial charge is 0.124 e. The second kappa shape index (κ2) is 6.93. The zero-order chi connectivity index (χ0) is 11.1. The lowest BCUT2D eigenvalue weighted by molar-refractivity contribution is 0.122. The van der Waals surface area contributed by atoms with Crippen LogP contribution in [0.25, 0.3) is 0 Å². The molecule has 1 N–H and O–H groups in total. The predicted molar refractivity (Wildman–Crippen MR) is 62.3 cm³/mol. The highest BCUT2D eigenvalue weighted by Crippen LogP contribution is 2.18. The summed E-state index contributed by atoms with van der Waals surface area (Å²) in [5, 5.41) is 3.16. The van der Waals surface area contributed by atoms with Gasteiger partial charge in [0.1, 0.15) is 5.82 Å². The van der Waals surface area contributed by atoms with E-state index < -0.39 is 0 Å². The molecule has 1 aromatic rings. The van der Waals surface area contributed by atoms with Crippen molar-refractivity contribution in [3.63, 3.8) is 0 Å². The molecule has 0 amide bonds. The van der Waals surface area contributed by atoms with Crippen molar-refractivity contribution in [2.45, 2.75) is 13.5 Å². The average molecular weight is 276 g/mol. The van der Waals surface area contributed by atoms with Crippen molar-refractivity contribution < 1.29 is 9.13 Å². The van der Waals surface area contributed by atoms with Crippen molar-refractivity contribution in [1.29, 1.82) is 0 Å². The van der Waals surface area contributed by atoms with E-state index in [1.165, 1.54) is 12.1 Å². The Hall–Kier alpha value is -0.450. The standard InChI is InChI=1S/C11H15BrFNO/c1-2-14-5-6-15-8-9-3-4-10(13)7-11(9)12/h3-4,7,14H,2,5-6,8H2,1H3. The van der Waals surface area contributed by atoms with E-state index in [4.69, 9.17) is 4.74 Å². The first-order valence-corrected chi connectivity index (χ1v) is 5.75. The maximum Gasteiger partial charge on any atom is 0.124 e. The van der Waals surface area contributed by atoms with Gasteiger partial charge in [0.25, 0.3) is 0 Å². The van der Waals surface area contributed by atoms with Gasteiger partial charge in [-0.15, -0.1) is 0 Å². The number of nitrogens with one attached hydrogen (secondary N) is 1. The second-order valence-corrected chi connectivity index (χ2v) is 4.00. The van der Waals surface area contributed by atoms with Crippen LogP contribution >= 0.6 is 15.9 Å². The number of likely N-dealkylation sites (N-methyl/N-ethyl adjacent to an activating group) is 1. The van der Waals surface area contributed by atoms with E-state index >= 15 is 0 Å². The van der Waals surface area contributed by atoms with Gasteiger partial charge in [0.05, 0.1) is 13.2 Å². The van der Waals surface area contributed by atoms with E-state index in [9.17, 15) is 4.39 Å². The number of halogens is 2. The molecule has 84 valence electrons. The van der Waals surface area contributed by atoms with Gasteiger partial charge in [-0.1, -0.05) is 28.9 Å². The highest BCUT2D eigenvalue weighted by molar-refractivity contribution is 9.10. The van der Waals surface area contributed by atoms with Gasteiger partial charge in [-0.05, 0) is 24.2 Å². The van der Waals surface area contributed by atoms with Gasteiger partial charge < -0.3 is 10.1 Å². The van der Waals surface area contributed by atoms with Gasteiger partial charge in [0.15, 0.2) is 0 Å². The molecule has 0 fully saturated rings. The minimum Gasteiger partial charge on any atom is -0.375 e. The summed E-state index contributed by atoms with van der Waals surface area (Å²) in [6.07, 6.45) is 0. The van der Waals surface area contributed by atoms with Crippen LogP contribution in [0.5, 0.6) is 0 Å². The second-order valence-electron chi connectivity index (χ2n) is 3.14. The first-order valence-electron chi connectivity index (χ1n) is 4.96. The maximum absolute atomic E-state index is 12.8. The van der Waals surface area contributed by atoms with E-state index in [1.807, 2.05) is 0 Å². The third-order valence-electron chi connectivity index (χ3n) is 1.95. The highest BCUT2D eigenvalue weighted by Gasteiger charge is 2.01. The molecule has 0 saturated heterocycles. The molecule has 0 radical (unpaired) electrons. The molecule has 0 heterocycles. The minimum absolute atomic E-state index is 0.238. The molecule has 1 aromatic carbocycles. The number of ether oxygens (including phenoxy) is 1. The summed E-state index contributed by atoms with van der Waals surface area (Å²) in [5.41, 5.74) is 0.966. The van der Waals surface area contributed by atoms with Crippen LogP contribution in [0.4, 0.5) is 4.39 Å². The summed E-state index contributed by atoms with van der Waals surface area (Å²) in [6.45, 7) is 5.01. The fraction of sp³-hybridized carbons (Fsp3) is 0.455. The minimum atomic E-state index is -0.238. The van der Waals surface area contributed by atoms with Gasteiger partial charge in [0.2, 0.25) is 0 Å². The molecule has 0 unspecified atom stereocenters. The van der Waals surface area contributed by atoms with Gasteiger partial charge >= 0.3 is 0 Å². The Bertz CT molecular complexity index is 307. The van der Waals surface area contributed by atoms with Crippen LogP contribution in [0.1, 0.15) is 12.5 Å². The Morgan fingerprint density at radius 3 is 2.93 bits per heavy atom. The first kappa shape index (κ1) is 12.6. The van der Waals surface area contributed by atoms with Gasteiger partial charge in [-0.3, -0.25) is 0 Å². The first-order chi connectivity index (χ1) is 7.24. The molecule has 15 heavy (non-hydrogen) atoms. The Morgan fingerprint density at radius 2 is 2.27 bits per heavy atom. The molecule has 0 saturated carbocycles. The molecule has 0 aliphatic carbocycles. The number of rotatable bonds is 6. The molecule has 0 atom stereocenters. The van der Waals surface area contributed by atoms with Crippen molar-refractivity contribution >= 4 is 15.9 Å². The molecule has 4 heteroatoms. The molecule has 2 nitrogen and oxygen atoms in total. The zero-order valence-electron chi connectivity index (χ0n) is 8.72. The fourth-order valence-electron chi connectivity index (χ4n) is 1.14. The summed E-state index contributed by atoms with van der Waals surface area (Å²) < 4.78 is 18.9. The normalized spacial score (nSPS) is 10.6. The SMILES string of the molecule is CCNCCOCc1ccc(F)cc1Br. The monoisotopic (exact) mass is 275 g/mol. The van der Waals surface area contributed by atoms with Crippen LogP contribution in [0.2, 0.25) is 0 Å². The summed E-state index contributed by atoms with van der Waals surface area (Å²) in [7, 11) is 0. The molecule has 0 bridgehead atoms. The van der Waals surface area contributed by atoms with E-state index in [0.717, 1.165) is 23.1 Å². The molecule has 0 aliphatic rings. The molecular formula is C11H15BrFNO. The van der Waals surface area contributed by atoms with Crippen LogP contribution < -0.4 is 5.32 Å².